The zero-order valence-corrected chi connectivity index (χ0v) is 16.6. The van der Waals surface area contributed by atoms with Gasteiger partial charge in [-0.1, -0.05) is 19.1 Å². The Hall–Kier alpha value is -3.03. The zero-order chi connectivity index (χ0) is 20.1. The molecule has 1 aromatic heterocycles. The van der Waals surface area contributed by atoms with Gasteiger partial charge in [0.1, 0.15) is 11.3 Å². The molecular weight excluding hydrogens is 358 g/mol. The number of nitrogens with zero attached hydrogens (tertiary/aromatic N) is 3. The normalized spacial score (nSPS) is 15.2. The number of carbonyl (C=O) groups is 1. The molecule has 1 fully saturated rings. The molecule has 3 rings (SSSR count). The lowest BCUT2D eigenvalue weighted by Gasteiger charge is -2.36. The van der Waals surface area contributed by atoms with Crippen molar-refractivity contribution >= 4 is 17.5 Å². The van der Waals surface area contributed by atoms with Gasteiger partial charge in [-0.2, -0.15) is 0 Å². The van der Waals surface area contributed by atoms with Gasteiger partial charge in [-0.3, -0.25) is 14.6 Å². The first kappa shape index (κ1) is 19.7. The molecule has 0 spiro atoms. The van der Waals surface area contributed by atoms with Crippen molar-refractivity contribution in [2.45, 2.75) is 26.3 Å². The van der Waals surface area contributed by atoms with Crippen LogP contribution in [0.5, 0.6) is 5.75 Å². The molecule has 1 atom stereocenters. The highest BCUT2D eigenvalue weighted by Gasteiger charge is 2.22. The van der Waals surface area contributed by atoms with Crippen molar-refractivity contribution in [1.82, 2.24) is 15.3 Å². The van der Waals surface area contributed by atoms with Crippen molar-refractivity contribution in [3.63, 3.8) is 0 Å². The van der Waals surface area contributed by atoms with Gasteiger partial charge in [-0.25, -0.2) is 4.98 Å². The van der Waals surface area contributed by atoms with E-state index in [4.69, 9.17) is 4.74 Å². The van der Waals surface area contributed by atoms with Crippen LogP contribution in [0.4, 0.5) is 11.6 Å². The minimum Gasteiger partial charge on any atom is -0.495 e. The Bertz CT molecular complexity index is 874. The van der Waals surface area contributed by atoms with E-state index in [1.54, 1.807) is 7.11 Å². The third kappa shape index (κ3) is 4.27. The number of methoxy groups -OCH3 is 1. The number of hydrogen-bond acceptors (Lipinski definition) is 6. The second kappa shape index (κ2) is 8.77. The Labute approximate surface area is 164 Å². The van der Waals surface area contributed by atoms with E-state index in [0.717, 1.165) is 30.9 Å². The van der Waals surface area contributed by atoms with Crippen LogP contribution in [0.2, 0.25) is 0 Å². The molecular formula is C20H27N5O3. The molecule has 8 nitrogen and oxygen atoms in total. The number of carbonyl (C=O) groups excluding carboxylic acids is 1. The average Bonchev–Trinajstić information content (AvgIpc) is 2.73. The average molecular weight is 385 g/mol. The third-order valence-corrected chi connectivity index (χ3v) is 5.03. The van der Waals surface area contributed by atoms with Crippen molar-refractivity contribution in [3.8, 4) is 5.75 Å². The molecule has 2 aromatic rings. The maximum Gasteiger partial charge on any atom is 0.265 e. The van der Waals surface area contributed by atoms with Gasteiger partial charge >= 0.3 is 0 Å². The predicted molar refractivity (Wildman–Crippen MR) is 109 cm³/mol. The van der Waals surface area contributed by atoms with Gasteiger partial charge in [-0.15, -0.1) is 0 Å². The van der Waals surface area contributed by atoms with E-state index in [9.17, 15) is 9.59 Å². The fraction of sp³-hybridized carbons (Fsp3) is 0.450. The number of anilines is 2. The van der Waals surface area contributed by atoms with Crippen LogP contribution in [0, 0.1) is 0 Å². The summed E-state index contributed by atoms with van der Waals surface area (Å²) >= 11 is 0. The van der Waals surface area contributed by atoms with Crippen molar-refractivity contribution in [2.75, 3.05) is 43.1 Å². The first-order valence-corrected chi connectivity index (χ1v) is 9.56. The van der Waals surface area contributed by atoms with Crippen LogP contribution in [0.1, 0.15) is 30.6 Å². The SMILES string of the molecule is CCC(C)NC(=O)c1cnc(N2CCN(c3ccccc3OC)CC2)[nH]c1=O. The fourth-order valence-electron chi connectivity index (χ4n) is 3.16. The molecule has 1 amide bonds. The summed E-state index contributed by atoms with van der Waals surface area (Å²) in [5.41, 5.74) is 0.679. The van der Waals surface area contributed by atoms with Gasteiger partial charge in [-0.05, 0) is 25.5 Å². The van der Waals surface area contributed by atoms with Crippen LogP contribution in [-0.4, -0.2) is 55.2 Å². The molecule has 0 aliphatic carbocycles. The zero-order valence-electron chi connectivity index (χ0n) is 16.6. The summed E-state index contributed by atoms with van der Waals surface area (Å²) < 4.78 is 5.44. The number of aromatic nitrogens is 2. The van der Waals surface area contributed by atoms with Gasteiger partial charge in [0.05, 0.1) is 12.8 Å². The van der Waals surface area contributed by atoms with Crippen LogP contribution >= 0.6 is 0 Å². The predicted octanol–water partition coefficient (Wildman–Crippen LogP) is 1.63. The van der Waals surface area contributed by atoms with Crippen LogP contribution in [0.15, 0.2) is 35.3 Å². The number of aromatic amines is 1. The van der Waals surface area contributed by atoms with E-state index in [1.807, 2.05) is 43.0 Å². The molecule has 0 bridgehead atoms. The maximum atomic E-state index is 12.4. The van der Waals surface area contributed by atoms with Crippen molar-refractivity contribution < 1.29 is 9.53 Å². The highest BCUT2D eigenvalue weighted by atomic mass is 16.5. The first-order chi connectivity index (χ1) is 13.5. The summed E-state index contributed by atoms with van der Waals surface area (Å²) in [5, 5.41) is 2.79. The lowest BCUT2D eigenvalue weighted by Crippen LogP contribution is -2.47. The Morgan fingerprint density at radius 3 is 2.57 bits per heavy atom. The molecule has 2 N–H and O–H groups in total. The van der Waals surface area contributed by atoms with Crippen LogP contribution in [0.3, 0.4) is 0 Å². The monoisotopic (exact) mass is 385 g/mol. The highest BCUT2D eigenvalue weighted by molar-refractivity contribution is 5.93. The van der Waals surface area contributed by atoms with Crippen LogP contribution < -0.4 is 25.4 Å². The summed E-state index contributed by atoms with van der Waals surface area (Å²) in [6, 6.07) is 7.94. The van der Waals surface area contributed by atoms with E-state index in [2.05, 4.69) is 20.2 Å². The minimum atomic E-state index is -0.419. The maximum absolute atomic E-state index is 12.4. The molecule has 150 valence electrons. The molecule has 1 aliphatic rings. The number of nitrogens with one attached hydrogen (secondary N) is 2. The van der Waals surface area contributed by atoms with E-state index >= 15 is 0 Å². The van der Waals surface area contributed by atoms with Crippen molar-refractivity contribution in [1.29, 1.82) is 0 Å². The quantitative estimate of drug-likeness (QED) is 0.786. The van der Waals surface area contributed by atoms with Gasteiger partial charge < -0.3 is 19.9 Å². The molecule has 0 radical (unpaired) electrons. The van der Waals surface area contributed by atoms with Crippen molar-refractivity contribution in [2.24, 2.45) is 0 Å². The van der Waals surface area contributed by atoms with E-state index < -0.39 is 11.5 Å². The van der Waals surface area contributed by atoms with Crippen molar-refractivity contribution in [3.05, 3.63) is 46.4 Å². The number of ether oxygens (including phenoxy) is 1. The number of piperazine rings is 1. The van der Waals surface area contributed by atoms with E-state index in [-0.39, 0.29) is 11.6 Å². The van der Waals surface area contributed by atoms with E-state index in [0.29, 0.717) is 19.0 Å². The molecule has 28 heavy (non-hydrogen) atoms. The van der Waals surface area contributed by atoms with Crippen LogP contribution in [-0.2, 0) is 0 Å². The number of hydrogen-bond donors (Lipinski definition) is 2. The fourth-order valence-corrected chi connectivity index (χ4v) is 3.16. The number of H-pyrrole nitrogens is 1. The molecule has 0 saturated carbocycles. The molecule has 1 unspecified atom stereocenters. The summed E-state index contributed by atoms with van der Waals surface area (Å²) in [7, 11) is 1.67. The Morgan fingerprint density at radius 1 is 1.25 bits per heavy atom. The Morgan fingerprint density at radius 2 is 1.93 bits per heavy atom. The Balaban J connectivity index is 1.67. The molecule has 1 aromatic carbocycles. The summed E-state index contributed by atoms with van der Waals surface area (Å²) in [6.07, 6.45) is 2.16. The lowest BCUT2D eigenvalue weighted by molar-refractivity contribution is 0.0937. The number of benzene rings is 1. The first-order valence-electron chi connectivity index (χ1n) is 9.56. The van der Waals surface area contributed by atoms with Gasteiger partial charge in [0, 0.05) is 38.4 Å². The number of amides is 1. The van der Waals surface area contributed by atoms with Gasteiger partial charge in [0.25, 0.3) is 11.5 Å². The smallest absolute Gasteiger partial charge is 0.265 e. The topological polar surface area (TPSA) is 90.6 Å². The highest BCUT2D eigenvalue weighted by Crippen LogP contribution is 2.28. The molecule has 8 heteroatoms. The number of para-hydroxylation sites is 2. The van der Waals surface area contributed by atoms with Gasteiger partial charge in [0.2, 0.25) is 5.95 Å². The van der Waals surface area contributed by atoms with Crippen LogP contribution in [0.25, 0.3) is 0 Å². The molecule has 1 aliphatic heterocycles. The summed E-state index contributed by atoms with van der Waals surface area (Å²) in [6.45, 7) is 6.84. The lowest BCUT2D eigenvalue weighted by atomic mass is 10.2. The summed E-state index contributed by atoms with van der Waals surface area (Å²) in [5.74, 6) is 0.944. The molecule has 1 saturated heterocycles. The van der Waals surface area contributed by atoms with Gasteiger partial charge in [0.15, 0.2) is 0 Å². The Kier molecular flexibility index (Phi) is 6.18. The summed E-state index contributed by atoms with van der Waals surface area (Å²) in [4.78, 5) is 35.9. The second-order valence-corrected chi connectivity index (χ2v) is 6.88. The second-order valence-electron chi connectivity index (χ2n) is 6.88. The number of rotatable bonds is 6. The largest absolute Gasteiger partial charge is 0.495 e. The third-order valence-electron chi connectivity index (χ3n) is 5.03. The molecule has 2 heterocycles. The van der Waals surface area contributed by atoms with E-state index in [1.165, 1.54) is 6.20 Å². The standard InChI is InChI=1S/C20H27N5O3/c1-4-14(2)22-18(26)15-13-21-20(23-19(15)27)25-11-9-24(10-12-25)16-7-5-6-8-17(16)28-3/h5-8,13-14H,4,9-12H2,1-3H3,(H,22,26)(H,21,23,27). The minimum absolute atomic E-state index is 0.00892.